The Morgan fingerprint density at radius 3 is 2.47 bits per heavy atom. The Kier molecular flexibility index (Phi) is 7.30. The van der Waals surface area contributed by atoms with E-state index in [0.29, 0.717) is 37.0 Å². The fourth-order valence-electron chi connectivity index (χ4n) is 4.08. The van der Waals surface area contributed by atoms with Gasteiger partial charge in [-0.05, 0) is 30.5 Å². The minimum Gasteiger partial charge on any atom is -0.378 e. The predicted octanol–water partition coefficient (Wildman–Crippen LogP) is 3.59. The highest BCUT2D eigenvalue weighted by atomic mass is 35.5. The normalized spacial score (nSPS) is 19.0. The summed E-state index contributed by atoms with van der Waals surface area (Å²) in [6, 6.07) is 8.37. The minimum absolute atomic E-state index is 0.387. The molecule has 4 rings (SSSR count). The molecule has 1 aliphatic heterocycles. The van der Waals surface area contributed by atoms with Crippen molar-refractivity contribution >= 4 is 36.1 Å². The molecule has 162 valence electrons. The molecule has 7 nitrogen and oxygen atoms in total. The van der Waals surface area contributed by atoms with E-state index < -0.39 is 5.37 Å². The quantitative estimate of drug-likeness (QED) is 0.516. The van der Waals surface area contributed by atoms with Gasteiger partial charge in [0.2, 0.25) is 11.9 Å². The van der Waals surface area contributed by atoms with Crippen molar-refractivity contribution in [1.82, 2.24) is 15.0 Å². The molecule has 1 aliphatic carbocycles. The standard InChI is InChI=1S/C21H29ClN6OS/c22-16-8-6-15(7-9-16)14-28(17-4-2-1-3-5-17)21-25-19(18(23)30)24-20(26-21)27-10-12-29-13-11-27/h6-9,17-18,30H,1-5,10-14,23H2. The number of morpholine rings is 1. The van der Waals surface area contributed by atoms with Gasteiger partial charge in [0.15, 0.2) is 5.82 Å². The van der Waals surface area contributed by atoms with Crippen molar-refractivity contribution in [2.24, 2.45) is 5.73 Å². The van der Waals surface area contributed by atoms with E-state index in [0.717, 1.165) is 37.5 Å². The Morgan fingerprint density at radius 1 is 1.10 bits per heavy atom. The third kappa shape index (κ3) is 5.35. The highest BCUT2D eigenvalue weighted by Gasteiger charge is 2.26. The molecule has 2 N–H and O–H groups in total. The summed E-state index contributed by atoms with van der Waals surface area (Å²) in [4.78, 5) is 18.7. The SMILES string of the molecule is NC(S)c1nc(N2CCOCC2)nc(N(Cc2ccc(Cl)cc2)C2CCCCC2)n1. The van der Waals surface area contributed by atoms with Crippen molar-refractivity contribution in [3.63, 3.8) is 0 Å². The highest BCUT2D eigenvalue weighted by molar-refractivity contribution is 7.80. The maximum Gasteiger partial charge on any atom is 0.231 e. The van der Waals surface area contributed by atoms with Crippen LogP contribution in [-0.4, -0.2) is 47.3 Å². The molecule has 30 heavy (non-hydrogen) atoms. The molecule has 1 saturated carbocycles. The number of benzene rings is 1. The Bertz CT molecular complexity index is 825. The molecule has 2 fully saturated rings. The van der Waals surface area contributed by atoms with Gasteiger partial charge in [-0.3, -0.25) is 0 Å². The molecule has 2 aliphatic rings. The third-order valence-electron chi connectivity index (χ3n) is 5.73. The summed E-state index contributed by atoms with van der Waals surface area (Å²) in [5.74, 6) is 1.83. The van der Waals surface area contributed by atoms with Gasteiger partial charge >= 0.3 is 0 Å². The molecule has 1 saturated heterocycles. The summed E-state index contributed by atoms with van der Waals surface area (Å²) in [7, 11) is 0. The fourth-order valence-corrected chi connectivity index (χ4v) is 4.32. The lowest BCUT2D eigenvalue weighted by molar-refractivity contribution is 0.122. The molecule has 1 atom stereocenters. The monoisotopic (exact) mass is 448 g/mol. The molecule has 0 amide bonds. The van der Waals surface area contributed by atoms with Gasteiger partial charge in [-0.15, -0.1) is 0 Å². The molecule has 2 heterocycles. The molecule has 1 aromatic heterocycles. The van der Waals surface area contributed by atoms with E-state index in [1.54, 1.807) is 0 Å². The summed E-state index contributed by atoms with van der Waals surface area (Å²) < 4.78 is 5.49. The first-order valence-corrected chi connectivity index (χ1v) is 11.5. The van der Waals surface area contributed by atoms with Crippen molar-refractivity contribution in [3.8, 4) is 0 Å². The summed E-state index contributed by atoms with van der Waals surface area (Å²) in [5.41, 5.74) is 7.24. The fraction of sp³-hybridized carbons (Fsp3) is 0.571. The molecular weight excluding hydrogens is 420 g/mol. The second-order valence-corrected chi connectivity index (χ2v) is 8.88. The smallest absolute Gasteiger partial charge is 0.231 e. The Balaban J connectivity index is 1.70. The van der Waals surface area contributed by atoms with Crippen LogP contribution in [0.1, 0.15) is 48.9 Å². The summed E-state index contributed by atoms with van der Waals surface area (Å²) in [6.45, 7) is 3.56. The van der Waals surface area contributed by atoms with Crippen molar-refractivity contribution in [1.29, 1.82) is 0 Å². The molecule has 0 radical (unpaired) electrons. The molecular formula is C21H29ClN6OS. The number of aromatic nitrogens is 3. The zero-order valence-electron chi connectivity index (χ0n) is 17.1. The molecule has 2 aromatic rings. The van der Waals surface area contributed by atoms with Gasteiger partial charge in [-0.1, -0.05) is 43.0 Å². The van der Waals surface area contributed by atoms with Crippen LogP contribution in [0.25, 0.3) is 0 Å². The molecule has 1 unspecified atom stereocenters. The summed E-state index contributed by atoms with van der Waals surface area (Å²) in [5, 5.41) is 0.177. The zero-order chi connectivity index (χ0) is 20.9. The van der Waals surface area contributed by atoms with Crippen LogP contribution in [0.15, 0.2) is 24.3 Å². The number of ether oxygens (including phenoxy) is 1. The van der Waals surface area contributed by atoms with Crippen molar-refractivity contribution in [2.45, 2.75) is 50.1 Å². The Labute approximate surface area is 188 Å². The first-order valence-electron chi connectivity index (χ1n) is 10.6. The first kappa shape index (κ1) is 21.6. The maximum atomic E-state index is 6.09. The van der Waals surface area contributed by atoms with Crippen molar-refractivity contribution < 1.29 is 4.74 Å². The van der Waals surface area contributed by atoms with Crippen LogP contribution in [0.3, 0.4) is 0 Å². The van der Waals surface area contributed by atoms with E-state index in [9.17, 15) is 0 Å². The van der Waals surface area contributed by atoms with E-state index in [1.165, 1.54) is 24.8 Å². The van der Waals surface area contributed by atoms with Crippen LogP contribution in [0.4, 0.5) is 11.9 Å². The summed E-state index contributed by atoms with van der Waals surface area (Å²) in [6.07, 6.45) is 6.00. The second kappa shape index (κ2) is 10.1. The van der Waals surface area contributed by atoms with Gasteiger partial charge in [0.1, 0.15) is 5.37 Å². The Morgan fingerprint density at radius 2 is 1.80 bits per heavy atom. The number of nitrogens with two attached hydrogens (primary N) is 1. The lowest BCUT2D eigenvalue weighted by Gasteiger charge is -2.35. The van der Waals surface area contributed by atoms with Crippen LogP contribution in [0.2, 0.25) is 5.02 Å². The minimum atomic E-state index is -0.560. The number of rotatable bonds is 6. The van der Waals surface area contributed by atoms with Crippen LogP contribution in [-0.2, 0) is 11.3 Å². The maximum absolute atomic E-state index is 6.09. The Hall–Kier alpha value is -1.61. The molecule has 0 spiro atoms. The largest absolute Gasteiger partial charge is 0.378 e. The van der Waals surface area contributed by atoms with Crippen LogP contribution >= 0.6 is 24.2 Å². The van der Waals surface area contributed by atoms with Crippen molar-refractivity contribution in [3.05, 3.63) is 40.7 Å². The average molecular weight is 449 g/mol. The van der Waals surface area contributed by atoms with E-state index >= 15 is 0 Å². The van der Waals surface area contributed by atoms with Gasteiger partial charge in [0.25, 0.3) is 0 Å². The second-order valence-electron chi connectivity index (χ2n) is 7.88. The first-order chi connectivity index (χ1) is 14.6. The van der Waals surface area contributed by atoms with Gasteiger partial charge in [0.05, 0.1) is 13.2 Å². The van der Waals surface area contributed by atoms with E-state index in [-0.39, 0.29) is 0 Å². The molecule has 1 aromatic carbocycles. The zero-order valence-corrected chi connectivity index (χ0v) is 18.7. The number of hydrogen-bond donors (Lipinski definition) is 2. The van der Waals surface area contributed by atoms with Gasteiger partial charge in [0, 0.05) is 30.7 Å². The summed E-state index contributed by atoms with van der Waals surface area (Å²) >= 11 is 10.5. The number of thiol groups is 1. The molecule has 0 bridgehead atoms. The number of nitrogens with zero attached hydrogens (tertiary/aromatic N) is 5. The lowest BCUT2D eigenvalue weighted by Crippen LogP contribution is -2.40. The lowest BCUT2D eigenvalue weighted by atomic mass is 9.94. The van der Waals surface area contributed by atoms with Gasteiger partial charge < -0.3 is 20.3 Å². The van der Waals surface area contributed by atoms with Gasteiger partial charge in [-0.2, -0.15) is 27.6 Å². The van der Waals surface area contributed by atoms with E-state index in [4.69, 9.17) is 32.0 Å². The van der Waals surface area contributed by atoms with Gasteiger partial charge in [-0.25, -0.2) is 0 Å². The highest BCUT2D eigenvalue weighted by Crippen LogP contribution is 2.29. The predicted molar refractivity (Wildman–Crippen MR) is 123 cm³/mol. The van der Waals surface area contributed by atoms with Crippen LogP contribution < -0.4 is 15.5 Å². The number of hydrogen-bond acceptors (Lipinski definition) is 8. The van der Waals surface area contributed by atoms with Crippen molar-refractivity contribution in [2.75, 3.05) is 36.1 Å². The molecule has 9 heteroatoms. The topological polar surface area (TPSA) is 80.4 Å². The van der Waals surface area contributed by atoms with E-state index in [1.807, 2.05) is 12.1 Å². The average Bonchev–Trinajstić information content (AvgIpc) is 2.79. The number of anilines is 2. The van der Waals surface area contributed by atoms with E-state index in [2.05, 4.69) is 39.5 Å². The third-order valence-corrected chi connectivity index (χ3v) is 6.21. The van der Waals surface area contributed by atoms with Crippen LogP contribution in [0.5, 0.6) is 0 Å². The van der Waals surface area contributed by atoms with Crippen LogP contribution in [0, 0.1) is 0 Å². The number of halogens is 1.